The van der Waals surface area contributed by atoms with Crippen LogP contribution in [0.4, 0.5) is 5.69 Å². The summed E-state index contributed by atoms with van der Waals surface area (Å²) < 4.78 is 15.5. The van der Waals surface area contributed by atoms with Crippen molar-refractivity contribution in [1.82, 2.24) is 14.7 Å². The van der Waals surface area contributed by atoms with Gasteiger partial charge in [-0.05, 0) is 65.3 Å². The highest BCUT2D eigenvalue weighted by Crippen LogP contribution is 2.48. The van der Waals surface area contributed by atoms with E-state index in [1.54, 1.807) is 18.6 Å². The van der Waals surface area contributed by atoms with Gasteiger partial charge >= 0.3 is 0 Å². The van der Waals surface area contributed by atoms with Gasteiger partial charge in [-0.1, -0.05) is 24.3 Å². The molecule has 1 aliphatic carbocycles. The summed E-state index contributed by atoms with van der Waals surface area (Å²) in [6.07, 6.45) is 7.84. The van der Waals surface area contributed by atoms with E-state index in [9.17, 15) is 9.00 Å². The van der Waals surface area contributed by atoms with Gasteiger partial charge in [-0.3, -0.25) is 14.8 Å². The number of rotatable bonds is 7. The SMILES string of the molecule is O=C(Nc1ccc2cnccc2c1)C1CC1c1ccc(S(=O)NCc2cccnc2)cc1. The zero-order valence-corrected chi connectivity index (χ0v) is 18.1. The zero-order valence-electron chi connectivity index (χ0n) is 17.3. The molecule has 2 heterocycles. The molecule has 0 spiro atoms. The minimum atomic E-state index is -1.30. The zero-order chi connectivity index (χ0) is 21.9. The minimum absolute atomic E-state index is 0.0363. The first-order chi connectivity index (χ1) is 15.7. The summed E-state index contributed by atoms with van der Waals surface area (Å²) in [5.74, 6) is 0.197. The van der Waals surface area contributed by atoms with Crippen LogP contribution in [0.2, 0.25) is 0 Å². The molecule has 2 aromatic carbocycles. The molecule has 32 heavy (non-hydrogen) atoms. The van der Waals surface area contributed by atoms with Crippen LogP contribution in [-0.4, -0.2) is 20.1 Å². The molecular weight excluding hydrogens is 420 g/mol. The van der Waals surface area contributed by atoms with E-state index in [1.165, 1.54) is 0 Å². The molecule has 4 aromatic rings. The highest BCUT2D eigenvalue weighted by molar-refractivity contribution is 7.83. The number of carbonyl (C=O) groups is 1. The maximum Gasteiger partial charge on any atom is 0.228 e. The predicted octanol–water partition coefficient (Wildman–Crippen LogP) is 4.18. The topological polar surface area (TPSA) is 84.0 Å². The molecule has 0 aliphatic heterocycles. The second kappa shape index (κ2) is 8.98. The van der Waals surface area contributed by atoms with E-state index in [0.29, 0.717) is 11.4 Å². The van der Waals surface area contributed by atoms with E-state index in [4.69, 9.17) is 0 Å². The molecular formula is C25H22N4O2S. The number of aromatic nitrogens is 2. The Morgan fingerprint density at radius 1 is 0.969 bits per heavy atom. The van der Waals surface area contributed by atoms with Crippen LogP contribution in [0.25, 0.3) is 10.8 Å². The van der Waals surface area contributed by atoms with E-state index < -0.39 is 11.0 Å². The Morgan fingerprint density at radius 3 is 2.62 bits per heavy atom. The third-order valence-electron chi connectivity index (χ3n) is 5.69. The van der Waals surface area contributed by atoms with Crippen molar-refractivity contribution in [3.63, 3.8) is 0 Å². The van der Waals surface area contributed by atoms with Crippen LogP contribution < -0.4 is 10.0 Å². The van der Waals surface area contributed by atoms with Gasteiger partial charge in [-0.25, -0.2) is 8.93 Å². The molecule has 1 amide bonds. The molecule has 0 bridgehead atoms. The number of benzene rings is 2. The number of anilines is 1. The van der Waals surface area contributed by atoms with E-state index in [2.05, 4.69) is 20.0 Å². The van der Waals surface area contributed by atoms with Gasteiger partial charge in [0.05, 0.1) is 4.90 Å². The molecule has 6 nitrogen and oxygen atoms in total. The minimum Gasteiger partial charge on any atom is -0.326 e. The molecule has 2 aromatic heterocycles. The maximum absolute atomic E-state index is 12.7. The number of nitrogens with zero attached hydrogens (tertiary/aromatic N) is 2. The first-order valence-electron chi connectivity index (χ1n) is 10.5. The van der Waals surface area contributed by atoms with Gasteiger partial charge in [0.25, 0.3) is 0 Å². The van der Waals surface area contributed by atoms with Crippen LogP contribution in [0.5, 0.6) is 0 Å². The molecule has 0 saturated heterocycles. The van der Waals surface area contributed by atoms with Crippen LogP contribution in [-0.2, 0) is 22.3 Å². The van der Waals surface area contributed by atoms with Crippen molar-refractivity contribution in [3.8, 4) is 0 Å². The van der Waals surface area contributed by atoms with Crippen molar-refractivity contribution in [2.45, 2.75) is 23.8 Å². The van der Waals surface area contributed by atoms with Gasteiger partial charge in [0.2, 0.25) is 5.91 Å². The average Bonchev–Trinajstić information content (AvgIpc) is 3.64. The number of fused-ring (bicyclic) bond motifs is 1. The quantitative estimate of drug-likeness (QED) is 0.450. The lowest BCUT2D eigenvalue weighted by molar-refractivity contribution is -0.117. The van der Waals surface area contributed by atoms with Crippen molar-refractivity contribution < 1.29 is 9.00 Å². The summed E-state index contributed by atoms with van der Waals surface area (Å²) in [7, 11) is -1.30. The Labute approximate surface area is 188 Å². The van der Waals surface area contributed by atoms with Gasteiger partial charge in [0, 0.05) is 48.3 Å². The summed E-state index contributed by atoms with van der Waals surface area (Å²) in [5, 5.41) is 5.13. The van der Waals surface area contributed by atoms with Gasteiger partial charge in [-0.2, -0.15) is 0 Å². The standard InChI is InChI=1S/C25H22N4O2S/c30-25(29-21-6-3-20-16-27-11-9-19(20)12-21)24-13-23(24)18-4-7-22(8-5-18)32(31)28-15-17-2-1-10-26-14-17/h1-12,14,16,23-24,28H,13,15H2,(H,29,30). The lowest BCUT2D eigenvalue weighted by Gasteiger charge is -2.08. The smallest absolute Gasteiger partial charge is 0.228 e. The lowest BCUT2D eigenvalue weighted by Crippen LogP contribution is -2.17. The largest absolute Gasteiger partial charge is 0.326 e. The second-order valence-electron chi connectivity index (χ2n) is 7.90. The highest BCUT2D eigenvalue weighted by Gasteiger charge is 2.43. The Hall–Kier alpha value is -3.42. The predicted molar refractivity (Wildman–Crippen MR) is 125 cm³/mol. The molecule has 3 unspecified atom stereocenters. The van der Waals surface area contributed by atoms with E-state index in [1.807, 2.05) is 66.9 Å². The molecule has 2 N–H and O–H groups in total. The third-order valence-corrected chi connectivity index (χ3v) is 6.79. The number of carbonyl (C=O) groups excluding carboxylic acids is 1. The van der Waals surface area contributed by atoms with Gasteiger partial charge < -0.3 is 5.32 Å². The van der Waals surface area contributed by atoms with Crippen LogP contribution in [0.3, 0.4) is 0 Å². The average molecular weight is 443 g/mol. The monoisotopic (exact) mass is 442 g/mol. The molecule has 3 atom stereocenters. The van der Waals surface area contributed by atoms with Crippen LogP contribution in [0, 0.1) is 5.92 Å². The fourth-order valence-electron chi connectivity index (χ4n) is 3.82. The highest BCUT2D eigenvalue weighted by atomic mass is 32.2. The molecule has 1 saturated carbocycles. The van der Waals surface area contributed by atoms with Crippen molar-refractivity contribution in [1.29, 1.82) is 0 Å². The van der Waals surface area contributed by atoms with Crippen molar-refractivity contribution >= 4 is 33.4 Å². The molecule has 160 valence electrons. The Morgan fingerprint density at radius 2 is 1.81 bits per heavy atom. The van der Waals surface area contributed by atoms with Crippen LogP contribution in [0.1, 0.15) is 23.5 Å². The first kappa shape index (κ1) is 20.5. The second-order valence-corrected chi connectivity index (χ2v) is 9.19. The van der Waals surface area contributed by atoms with Crippen LogP contribution in [0.15, 0.2) is 90.3 Å². The number of pyridine rings is 2. The van der Waals surface area contributed by atoms with Crippen molar-refractivity contribution in [2.75, 3.05) is 5.32 Å². The summed E-state index contributed by atoms with van der Waals surface area (Å²) in [6.45, 7) is 0.484. The Kier molecular flexibility index (Phi) is 5.75. The fraction of sp³-hybridized carbons (Fsp3) is 0.160. The molecule has 1 aliphatic rings. The van der Waals surface area contributed by atoms with E-state index in [-0.39, 0.29) is 17.7 Å². The molecule has 0 radical (unpaired) electrons. The lowest BCUT2D eigenvalue weighted by atomic mass is 10.1. The molecule has 5 rings (SSSR count). The number of hydrogen-bond donors (Lipinski definition) is 2. The summed E-state index contributed by atoms with van der Waals surface area (Å²) in [6, 6.07) is 19.2. The number of amides is 1. The van der Waals surface area contributed by atoms with E-state index in [0.717, 1.165) is 34.0 Å². The first-order valence-corrected chi connectivity index (χ1v) is 11.6. The van der Waals surface area contributed by atoms with Gasteiger partial charge in [-0.15, -0.1) is 0 Å². The van der Waals surface area contributed by atoms with Crippen molar-refractivity contribution in [2.24, 2.45) is 5.92 Å². The third kappa shape index (κ3) is 4.59. The number of nitrogens with one attached hydrogen (secondary N) is 2. The number of hydrogen-bond acceptors (Lipinski definition) is 4. The summed E-state index contributed by atoms with van der Waals surface area (Å²) in [5.41, 5.74) is 2.87. The summed E-state index contributed by atoms with van der Waals surface area (Å²) in [4.78, 5) is 21.6. The Balaban J connectivity index is 1.17. The maximum atomic E-state index is 12.7. The summed E-state index contributed by atoms with van der Waals surface area (Å²) >= 11 is 0. The normalized spacial score (nSPS) is 18.2. The van der Waals surface area contributed by atoms with Gasteiger partial charge in [0.15, 0.2) is 0 Å². The van der Waals surface area contributed by atoms with Gasteiger partial charge in [0.1, 0.15) is 11.0 Å². The van der Waals surface area contributed by atoms with Crippen molar-refractivity contribution in [3.05, 3.63) is 96.6 Å². The fourth-order valence-corrected chi connectivity index (χ4v) is 4.67. The van der Waals surface area contributed by atoms with Crippen LogP contribution >= 0.6 is 0 Å². The Bertz CT molecular complexity index is 1280. The van der Waals surface area contributed by atoms with E-state index >= 15 is 0 Å². The molecule has 7 heteroatoms. The molecule has 1 fully saturated rings.